The van der Waals surface area contributed by atoms with Crippen LogP contribution in [0.4, 0.5) is 5.69 Å². The first-order chi connectivity index (χ1) is 14.6. The summed E-state index contributed by atoms with van der Waals surface area (Å²) in [7, 11) is -2.54. The Labute approximate surface area is 178 Å². The number of benzene rings is 2. The van der Waals surface area contributed by atoms with Gasteiger partial charge in [-0.1, -0.05) is 18.2 Å². The summed E-state index contributed by atoms with van der Waals surface area (Å²) in [4.78, 5) is 37.8. The Hall–Kier alpha value is -3.24. The van der Waals surface area contributed by atoms with E-state index in [1.165, 1.54) is 25.2 Å². The van der Waals surface area contributed by atoms with E-state index in [4.69, 9.17) is 0 Å². The number of hydrogen-bond donors (Lipinski definition) is 2. The van der Waals surface area contributed by atoms with Crippen LogP contribution < -0.4 is 21.3 Å². The van der Waals surface area contributed by atoms with Gasteiger partial charge in [0.25, 0.3) is 5.56 Å². The Kier molecular flexibility index (Phi) is 5.06. The number of amides is 1. The Bertz CT molecular complexity index is 1400. The van der Waals surface area contributed by atoms with E-state index in [9.17, 15) is 22.8 Å². The van der Waals surface area contributed by atoms with Gasteiger partial charge < -0.3 is 5.32 Å². The zero-order chi connectivity index (χ0) is 22.4. The van der Waals surface area contributed by atoms with E-state index in [2.05, 4.69) is 10.0 Å². The molecule has 4 rings (SSSR count). The molecule has 1 aliphatic carbocycles. The molecule has 0 spiro atoms. The lowest BCUT2D eigenvalue weighted by atomic mass is 10.2. The van der Waals surface area contributed by atoms with Crippen molar-refractivity contribution >= 4 is 32.5 Å². The number of aromatic nitrogens is 2. The highest BCUT2D eigenvalue weighted by Crippen LogP contribution is 2.36. The summed E-state index contributed by atoms with van der Waals surface area (Å²) < 4.78 is 30.1. The van der Waals surface area contributed by atoms with Crippen LogP contribution in [0, 0.1) is 0 Å². The highest BCUT2D eigenvalue weighted by Gasteiger charge is 2.41. The van der Waals surface area contributed by atoms with Crippen LogP contribution in [0.2, 0.25) is 0 Å². The Balaban J connectivity index is 1.75. The Morgan fingerprint density at radius 2 is 1.77 bits per heavy atom. The number of fused-ring (bicyclic) bond motifs is 1. The average molecular weight is 442 g/mol. The van der Waals surface area contributed by atoms with Crippen LogP contribution >= 0.6 is 0 Å². The van der Waals surface area contributed by atoms with Gasteiger partial charge in [0.2, 0.25) is 15.9 Å². The number of carbonyl (C=O) groups excluding carboxylic acids is 1. The lowest BCUT2D eigenvalue weighted by molar-refractivity contribution is -0.116. The third-order valence-electron chi connectivity index (χ3n) is 5.36. The van der Waals surface area contributed by atoms with Crippen molar-refractivity contribution in [3.63, 3.8) is 0 Å². The fraction of sp³-hybridized carbons (Fsp3) is 0.286. The smallest absolute Gasteiger partial charge is 0.325 e. The molecular formula is C21H22N4O5S. The molecular weight excluding hydrogens is 420 g/mol. The van der Waals surface area contributed by atoms with Crippen LogP contribution in [0.3, 0.4) is 0 Å². The minimum Gasteiger partial charge on any atom is -0.325 e. The molecule has 31 heavy (non-hydrogen) atoms. The van der Waals surface area contributed by atoms with Crippen molar-refractivity contribution in [1.82, 2.24) is 13.9 Å². The van der Waals surface area contributed by atoms with E-state index in [0.717, 1.165) is 22.0 Å². The second-order valence-corrected chi connectivity index (χ2v) is 9.67. The summed E-state index contributed by atoms with van der Waals surface area (Å²) in [5.41, 5.74) is -1.00. The molecule has 3 aromatic rings. The van der Waals surface area contributed by atoms with Crippen molar-refractivity contribution in [3.05, 3.63) is 69.4 Å². The minimum atomic E-state index is -3.83. The largest absolute Gasteiger partial charge is 0.331 e. The Morgan fingerprint density at radius 3 is 2.42 bits per heavy atom. The molecule has 0 atom stereocenters. The lowest BCUT2D eigenvalue weighted by Gasteiger charge is -2.15. The first kappa shape index (κ1) is 21.0. The highest BCUT2D eigenvalue weighted by molar-refractivity contribution is 7.89. The van der Waals surface area contributed by atoms with E-state index in [1.54, 1.807) is 24.3 Å². The zero-order valence-corrected chi connectivity index (χ0v) is 17.9. The number of sulfonamides is 1. The number of hydrogen-bond acceptors (Lipinski definition) is 5. The van der Waals surface area contributed by atoms with Gasteiger partial charge >= 0.3 is 5.69 Å². The third kappa shape index (κ3) is 4.17. The first-order valence-electron chi connectivity index (χ1n) is 9.72. The molecule has 0 unspecified atom stereocenters. The van der Waals surface area contributed by atoms with Gasteiger partial charge in [0.15, 0.2) is 0 Å². The quantitative estimate of drug-likeness (QED) is 0.594. The summed E-state index contributed by atoms with van der Waals surface area (Å²) >= 11 is 0. The normalized spacial score (nSPS) is 15.0. The van der Waals surface area contributed by atoms with Gasteiger partial charge in [0.05, 0.1) is 15.8 Å². The predicted molar refractivity (Wildman–Crippen MR) is 116 cm³/mol. The van der Waals surface area contributed by atoms with Crippen LogP contribution in [-0.4, -0.2) is 29.0 Å². The first-order valence-corrected chi connectivity index (χ1v) is 11.2. The second kappa shape index (κ2) is 7.47. The van der Waals surface area contributed by atoms with Gasteiger partial charge in [-0.25, -0.2) is 17.9 Å². The highest BCUT2D eigenvalue weighted by atomic mass is 32.2. The fourth-order valence-electron chi connectivity index (χ4n) is 3.33. The molecule has 1 saturated carbocycles. The maximum Gasteiger partial charge on any atom is 0.331 e. The van der Waals surface area contributed by atoms with Crippen molar-refractivity contribution in [2.24, 2.45) is 7.05 Å². The van der Waals surface area contributed by atoms with E-state index >= 15 is 0 Å². The van der Waals surface area contributed by atoms with Crippen molar-refractivity contribution in [3.8, 4) is 0 Å². The number of para-hydroxylation sites is 1. The lowest BCUT2D eigenvalue weighted by Crippen LogP contribution is -2.40. The third-order valence-corrected chi connectivity index (χ3v) is 7.00. The molecule has 0 radical (unpaired) electrons. The van der Waals surface area contributed by atoms with Crippen LogP contribution in [-0.2, 0) is 28.4 Å². The molecule has 9 nitrogen and oxygen atoms in total. The van der Waals surface area contributed by atoms with E-state index < -0.39 is 32.7 Å². The van der Waals surface area contributed by atoms with E-state index in [-0.39, 0.29) is 22.3 Å². The van der Waals surface area contributed by atoms with Gasteiger partial charge in [-0.05, 0) is 50.1 Å². The molecule has 0 bridgehead atoms. The van der Waals surface area contributed by atoms with Crippen molar-refractivity contribution < 1.29 is 13.2 Å². The molecule has 2 N–H and O–H groups in total. The monoisotopic (exact) mass is 442 g/mol. The van der Waals surface area contributed by atoms with Crippen LogP contribution in [0.1, 0.15) is 19.8 Å². The average Bonchev–Trinajstić information content (AvgIpc) is 3.45. The van der Waals surface area contributed by atoms with E-state index in [0.29, 0.717) is 5.69 Å². The molecule has 1 amide bonds. The molecule has 10 heteroatoms. The summed E-state index contributed by atoms with van der Waals surface area (Å²) in [6.45, 7) is 1.48. The predicted octanol–water partition coefficient (Wildman–Crippen LogP) is 1.17. The zero-order valence-electron chi connectivity index (χ0n) is 17.1. The summed E-state index contributed by atoms with van der Waals surface area (Å²) in [6, 6.07) is 12.7. The maximum atomic E-state index is 12.7. The number of carbonyl (C=O) groups is 1. The topological polar surface area (TPSA) is 119 Å². The van der Waals surface area contributed by atoms with E-state index in [1.807, 2.05) is 13.0 Å². The summed E-state index contributed by atoms with van der Waals surface area (Å²) in [6.07, 6.45) is 1.50. The standard InChI is InChI=1S/C21H22N4O5S/c1-21(10-11-21)23-31(29,30)15-8-9-17-16(12-15)19(27)24(2)20(28)25(17)13-18(26)22-14-6-4-3-5-7-14/h3-9,12,23H,10-11,13H2,1-2H3,(H,22,26). The van der Waals surface area contributed by atoms with Crippen LogP contribution in [0.25, 0.3) is 10.9 Å². The van der Waals surface area contributed by atoms with Gasteiger partial charge in [0, 0.05) is 18.3 Å². The summed E-state index contributed by atoms with van der Waals surface area (Å²) in [5, 5.41) is 2.73. The summed E-state index contributed by atoms with van der Waals surface area (Å²) in [5.74, 6) is -0.451. The molecule has 2 aromatic carbocycles. The van der Waals surface area contributed by atoms with Crippen molar-refractivity contribution in [2.75, 3.05) is 5.32 Å². The molecule has 0 saturated heterocycles. The molecule has 1 heterocycles. The molecule has 1 aliphatic rings. The van der Waals surface area contributed by atoms with Crippen molar-refractivity contribution in [2.45, 2.75) is 36.7 Å². The number of anilines is 1. The maximum absolute atomic E-state index is 12.7. The number of rotatable bonds is 6. The SMILES string of the molecule is Cn1c(=O)c2cc(S(=O)(=O)NC3(C)CC3)ccc2n(CC(=O)Nc2ccccc2)c1=O. The van der Waals surface area contributed by atoms with Gasteiger partial charge in [-0.2, -0.15) is 0 Å². The second-order valence-electron chi connectivity index (χ2n) is 7.99. The van der Waals surface area contributed by atoms with Gasteiger partial charge in [-0.3, -0.25) is 18.7 Å². The minimum absolute atomic E-state index is 0.0402. The molecule has 0 aliphatic heterocycles. The number of nitrogens with zero attached hydrogens (tertiary/aromatic N) is 2. The van der Waals surface area contributed by atoms with Crippen LogP contribution in [0.15, 0.2) is 63.0 Å². The fourth-order valence-corrected chi connectivity index (χ4v) is 4.82. The number of nitrogens with one attached hydrogen (secondary N) is 2. The van der Waals surface area contributed by atoms with Crippen LogP contribution in [0.5, 0.6) is 0 Å². The van der Waals surface area contributed by atoms with Gasteiger partial charge in [0.1, 0.15) is 6.54 Å². The molecule has 1 aromatic heterocycles. The molecule has 162 valence electrons. The van der Waals surface area contributed by atoms with Gasteiger partial charge in [-0.15, -0.1) is 0 Å². The Morgan fingerprint density at radius 1 is 1.10 bits per heavy atom. The molecule has 1 fully saturated rings. The van der Waals surface area contributed by atoms with Crippen molar-refractivity contribution in [1.29, 1.82) is 0 Å².